The number of carbonyl (C=O) groups excluding carboxylic acids is 5. The van der Waals surface area contributed by atoms with Crippen LogP contribution in [0.25, 0.3) is 0 Å². The van der Waals surface area contributed by atoms with Gasteiger partial charge in [0.2, 0.25) is 29.5 Å². The summed E-state index contributed by atoms with van der Waals surface area (Å²) in [4.78, 5) is 64.5. The van der Waals surface area contributed by atoms with Crippen LogP contribution in [0.15, 0.2) is 0 Å². The Labute approximate surface area is 730 Å². The molecule has 129 heavy (non-hydrogen) atoms. The van der Waals surface area contributed by atoms with Gasteiger partial charge in [-0.15, -0.1) is 0 Å². The van der Waals surface area contributed by atoms with Crippen LogP contribution < -0.4 is 26.6 Å². The number of ether oxygens (including phenoxy) is 19. The van der Waals surface area contributed by atoms with Crippen LogP contribution in [0.3, 0.4) is 0 Å². The number of amides is 5. The first-order valence-electron chi connectivity index (χ1n) is 40.6. The summed E-state index contributed by atoms with van der Waals surface area (Å²) in [5, 5.41) is 294. The van der Waals surface area contributed by atoms with Crippen molar-refractivity contribution in [3.05, 3.63) is 0 Å². The van der Waals surface area contributed by atoms with Gasteiger partial charge in [0.05, 0.1) is 65.6 Å². The molecule has 10 heterocycles. The van der Waals surface area contributed by atoms with Crippen molar-refractivity contribution in [1.82, 2.24) is 26.6 Å². The summed E-state index contributed by atoms with van der Waals surface area (Å²) in [6.07, 6.45) is -95.7. The first-order chi connectivity index (χ1) is 60.7. The molecule has 59 heteroatoms. The Bertz CT molecular complexity index is 3700. The highest BCUT2D eigenvalue weighted by Gasteiger charge is 2.62. The third-order valence-electron chi connectivity index (χ3n) is 23.0. The van der Waals surface area contributed by atoms with Crippen molar-refractivity contribution in [3.63, 3.8) is 0 Å². The highest BCUT2D eigenvalue weighted by molar-refractivity contribution is 7.80. The van der Waals surface area contributed by atoms with Crippen molar-refractivity contribution < 1.29 is 259 Å². The molecular weight excluding hydrogens is 1790 g/mol. The molecule has 0 saturated carbocycles. The average molecular weight is 1910 g/mol. The molecule has 10 aliphatic rings. The van der Waals surface area contributed by atoms with Gasteiger partial charge in [0, 0.05) is 34.6 Å². The van der Waals surface area contributed by atoms with Gasteiger partial charge in [-0.25, -0.2) is 4.18 Å². The maximum absolute atomic E-state index is 13.3. The van der Waals surface area contributed by atoms with Crippen molar-refractivity contribution in [2.75, 3.05) is 59.5 Å². The smallest absolute Gasteiger partial charge is 0.394 e. The molecule has 0 radical (unpaired) electrons. The number of aliphatic hydroxyl groups is 25. The molecule has 0 aromatic heterocycles. The van der Waals surface area contributed by atoms with Crippen LogP contribution in [0.2, 0.25) is 0 Å². The fourth-order valence-corrected chi connectivity index (χ4v) is 16.9. The Morgan fingerprint density at radius 1 is 0.256 bits per heavy atom. The van der Waals surface area contributed by atoms with E-state index in [0.29, 0.717) is 0 Å². The Kier molecular flexibility index (Phi) is 38.0. The minimum absolute atomic E-state index is 0.860. The molecule has 50 atom stereocenters. The second kappa shape index (κ2) is 46.1. The zero-order chi connectivity index (χ0) is 95.3. The van der Waals surface area contributed by atoms with Gasteiger partial charge in [0.15, 0.2) is 62.9 Å². The van der Waals surface area contributed by atoms with Gasteiger partial charge in [-0.1, -0.05) is 0 Å². The molecule has 0 bridgehead atoms. The van der Waals surface area contributed by atoms with Crippen LogP contribution in [-0.2, 0) is 129 Å². The molecule has 746 valence electrons. The molecule has 0 aromatic rings. The zero-order valence-electron chi connectivity index (χ0n) is 69.3. The van der Waals surface area contributed by atoms with Crippen molar-refractivity contribution in [1.29, 1.82) is 0 Å². The van der Waals surface area contributed by atoms with Gasteiger partial charge in [0.1, 0.15) is 238 Å². The molecule has 58 nitrogen and oxygen atoms in total. The molecule has 0 aromatic carbocycles. The summed E-state index contributed by atoms with van der Waals surface area (Å²) in [6.45, 7) is -4.55. The van der Waals surface area contributed by atoms with E-state index in [4.69, 9.17) is 90.0 Å². The van der Waals surface area contributed by atoms with Gasteiger partial charge in [-0.3, -0.25) is 28.5 Å². The van der Waals surface area contributed by atoms with Gasteiger partial charge < -0.3 is 244 Å². The van der Waals surface area contributed by atoms with Crippen LogP contribution in [0, 0.1) is 0 Å². The number of carbonyl (C=O) groups is 5. The highest BCUT2D eigenvalue weighted by Crippen LogP contribution is 2.41. The van der Waals surface area contributed by atoms with Gasteiger partial charge in [-0.05, 0) is 6.92 Å². The van der Waals surface area contributed by atoms with Crippen LogP contribution in [0.5, 0.6) is 0 Å². The predicted molar refractivity (Wildman–Crippen MR) is 397 cm³/mol. The Balaban J connectivity index is 0.992. The lowest BCUT2D eigenvalue weighted by Crippen LogP contribution is -2.71. The van der Waals surface area contributed by atoms with E-state index < -0.39 is 406 Å². The summed E-state index contributed by atoms with van der Waals surface area (Å²) < 4.78 is 151. The molecule has 0 unspecified atom stereocenters. The fourth-order valence-electron chi connectivity index (χ4n) is 16.4. The molecule has 10 fully saturated rings. The quantitative estimate of drug-likeness (QED) is 0.0266. The Hall–Kier alpha value is -4.54. The lowest BCUT2D eigenvalue weighted by molar-refractivity contribution is -0.398. The second-order valence-corrected chi connectivity index (χ2v) is 33.3. The number of aliphatic hydroxyl groups excluding tert-OH is 25. The molecule has 0 spiro atoms. The monoisotopic (exact) mass is 1910 g/mol. The summed E-state index contributed by atoms with van der Waals surface area (Å²) in [7, 11) is -5.46. The molecule has 10 aliphatic heterocycles. The van der Waals surface area contributed by atoms with Gasteiger partial charge in [-0.2, -0.15) is 8.42 Å². The summed E-state index contributed by atoms with van der Waals surface area (Å²) in [5.41, 5.74) is 0. The predicted octanol–water partition coefficient (Wildman–Crippen LogP) is -21.2. The summed E-state index contributed by atoms with van der Waals surface area (Å²) in [6, 6.07) is -9.83. The van der Waals surface area contributed by atoms with Crippen molar-refractivity contribution in [3.8, 4) is 0 Å². The van der Waals surface area contributed by atoms with E-state index in [9.17, 15) is 165 Å². The third-order valence-corrected chi connectivity index (χ3v) is 23.5. The highest BCUT2D eigenvalue weighted by atomic mass is 32.3. The SMILES string of the molecule is CC(=O)N[C@@H]1[C@H](O[C@@H]2[C@@H](O[C@@H]3[C@H](O)[C@H](O[C@H]4[C@H](O)[C@@H](NC(C)=O)[C@H](O[C@H]5[C@H](O)[C@@H](NC(C)=O)[C@H](O)O[C@@H]5CO[C@@H]5O[C@@H](C)[C@@H](O)[C@@H](O)[C@@H]5O)O[C@@H]4CO)O[C@H](CO[C@H]4O[C@H](CO)[C@@H](O)[C@H](O)[C@@H]4O[C@@H]4O[C@H](CO)[C@@H](O[C@@H]5O[C@H](CO)[C@H](O)[C@H](O)[C@H]5O)[C@H](O)[C@H]4NC(C)=O)[C@H]3O)O[C@H](CO)[C@@H](O)[C@@H]2O)O[C@H](CO)[C@@H](O[C@@H]2O[C@H](CO)[C@H](OS(=O)(=O)O)[C@H](O)[C@H]2NC(C)=O)[C@@H]1O. The lowest BCUT2D eigenvalue weighted by atomic mass is 9.93. The minimum atomic E-state index is -5.46. The molecule has 0 aliphatic carbocycles. The average Bonchev–Trinajstić information content (AvgIpc) is 0.763. The number of hydrogen-bond donors (Lipinski definition) is 31. The molecule has 5 amide bonds. The van der Waals surface area contributed by atoms with E-state index in [1.54, 1.807) is 0 Å². The largest absolute Gasteiger partial charge is 0.397 e. The number of rotatable bonds is 34. The third kappa shape index (κ3) is 24.5. The van der Waals surface area contributed by atoms with Crippen LogP contribution in [0.4, 0.5) is 0 Å². The van der Waals surface area contributed by atoms with Crippen molar-refractivity contribution in [2.24, 2.45) is 0 Å². The van der Waals surface area contributed by atoms with E-state index >= 15 is 0 Å². The molecule has 31 N–H and O–H groups in total. The summed E-state index contributed by atoms with van der Waals surface area (Å²) in [5.74, 6) is -4.85. The van der Waals surface area contributed by atoms with E-state index in [-0.39, 0.29) is 0 Å². The van der Waals surface area contributed by atoms with E-state index in [1.807, 2.05) is 0 Å². The Morgan fingerprint density at radius 2 is 0.535 bits per heavy atom. The maximum Gasteiger partial charge on any atom is 0.397 e. The molecular formula is C70H117N5O53S. The van der Waals surface area contributed by atoms with E-state index in [0.717, 1.165) is 34.6 Å². The Morgan fingerprint density at radius 3 is 0.938 bits per heavy atom. The van der Waals surface area contributed by atoms with E-state index in [2.05, 4.69) is 30.8 Å². The number of hydrogen-bond acceptors (Lipinski definition) is 52. The zero-order valence-corrected chi connectivity index (χ0v) is 70.1. The summed E-state index contributed by atoms with van der Waals surface area (Å²) >= 11 is 0. The maximum atomic E-state index is 13.3. The topological polar surface area (TPSA) is 890 Å². The fraction of sp³-hybridized carbons (Fsp3) is 0.929. The van der Waals surface area contributed by atoms with Gasteiger partial charge in [0.25, 0.3) is 0 Å². The number of nitrogens with one attached hydrogen (secondary N) is 5. The minimum Gasteiger partial charge on any atom is -0.394 e. The first-order valence-corrected chi connectivity index (χ1v) is 42.0. The first kappa shape index (κ1) is 107. The van der Waals surface area contributed by atoms with Gasteiger partial charge >= 0.3 is 10.4 Å². The molecule has 10 saturated heterocycles. The second-order valence-electron chi connectivity index (χ2n) is 32.2. The standard InChI is InChI=1S/C70H117N5O53S/c1-16-36(88)46(98)50(102)66(111-16)109-15-30-56(41(93)31(61(105)112-30)71-17(2)83)122-62-32(72-18(3)84)43(95)55(27(12-81)116-62)124-68-52(104)58(40(92)29(120-68)14-110-69-59(48(100)38(90)23(8-77)114-69)126-64-34(74-20(5)86)44(96)54(26(11-80)118-64)123-67-51(103)47(99)37(89)22(7-76)113-67)125-70-60(49(101)39(91)24(9-78)115-70)127-65-33(73-19(4)85)42(94)53(25(10-79)117-65)121-63-35(75-21(6)87)45(97)57(28(13-82)119-63)128-129(106,107)108/h16,22-70,76-82,88-105H,7-15H2,1-6H3,(H,71,83)(H,72,84)(H,73,85)(H,74,86)(H,75,87)(H,106,107,108)/t16-,22+,23+,24+,25+,26+,27+,28+,29+,30+,31+,32+,33-,34+,35+,36+,37-,38+,39+,40+,41+,42+,43+,44+,45+,46+,47-,48-,49-,50-,51+,52-,53+,54+,55+,56+,57-,58-,59-,60-,61+,62-,63-,64-,65-,66+,67-,68-,69-,70+/m0/s1. The van der Waals surface area contributed by atoms with E-state index in [1.165, 1.54) is 6.92 Å². The normalized spacial score (nSPS) is 47.7. The lowest BCUT2D eigenvalue weighted by Gasteiger charge is -2.51. The van der Waals surface area contributed by atoms with Crippen LogP contribution in [0.1, 0.15) is 41.5 Å². The van der Waals surface area contributed by atoms with Crippen molar-refractivity contribution >= 4 is 39.9 Å². The van der Waals surface area contributed by atoms with Crippen LogP contribution in [-0.4, -0.2) is 536 Å². The molecule has 10 rings (SSSR count). The van der Waals surface area contributed by atoms with Crippen molar-refractivity contribution in [2.45, 2.75) is 348 Å². The van der Waals surface area contributed by atoms with Crippen LogP contribution >= 0.6 is 0 Å².